The minimum Gasteiger partial charge on any atom is -0.375 e. The molecule has 1 saturated heterocycles. The van der Waals surface area contributed by atoms with Gasteiger partial charge in [-0.15, -0.1) is 5.10 Å². The summed E-state index contributed by atoms with van der Waals surface area (Å²) in [6.45, 7) is 2.16. The Hall–Kier alpha value is -3.06. The number of aliphatic hydroxyl groups is 1. The van der Waals surface area contributed by atoms with Crippen LogP contribution in [0.4, 0.5) is 5.69 Å². The number of guanidine groups is 1. The van der Waals surface area contributed by atoms with Gasteiger partial charge in [0.1, 0.15) is 0 Å². The molecule has 1 amide bonds. The first-order valence-electron chi connectivity index (χ1n) is 11.1. The molecule has 31 heavy (non-hydrogen) atoms. The zero-order valence-electron chi connectivity index (χ0n) is 17.8. The second-order valence-electron chi connectivity index (χ2n) is 8.34. The first kappa shape index (κ1) is 21.2. The van der Waals surface area contributed by atoms with E-state index < -0.39 is 5.60 Å². The van der Waals surface area contributed by atoms with Gasteiger partial charge >= 0.3 is 0 Å². The van der Waals surface area contributed by atoms with Crippen molar-refractivity contribution in [1.82, 2.24) is 9.80 Å². The molecule has 1 aliphatic carbocycles. The van der Waals surface area contributed by atoms with Gasteiger partial charge in [0.15, 0.2) is 5.60 Å². The van der Waals surface area contributed by atoms with Crippen molar-refractivity contribution < 1.29 is 9.90 Å². The fourth-order valence-electron chi connectivity index (χ4n) is 4.65. The highest BCUT2D eigenvalue weighted by Crippen LogP contribution is 2.42. The topological polar surface area (TPSA) is 94.2 Å². The number of anilines is 1. The fourth-order valence-corrected chi connectivity index (χ4v) is 4.65. The van der Waals surface area contributed by atoms with Crippen LogP contribution < -0.4 is 11.2 Å². The Balaban J connectivity index is 1.42. The number of carbonyl (C=O) groups is 1. The van der Waals surface area contributed by atoms with Gasteiger partial charge in [-0.05, 0) is 30.5 Å². The first-order valence-corrected chi connectivity index (χ1v) is 11.1. The standard InChI is InChI=1S/C24H31N5O2/c25-23(27-26-21-13-5-2-6-14-21)29-17-15-28(16-18-29)22(30)24(31,20-11-7-8-12-20)19-9-3-1-4-10-19/h1-6,9-10,13-14,20,26,31H,7-8,11-12,15-18H2,(H2,25,27)/t24-/m0/s1. The Labute approximate surface area is 183 Å². The van der Waals surface area contributed by atoms with Gasteiger partial charge in [0.2, 0.25) is 5.96 Å². The molecule has 1 saturated carbocycles. The number of piperazine rings is 1. The Morgan fingerprint density at radius 3 is 2.10 bits per heavy atom. The average Bonchev–Trinajstić information content (AvgIpc) is 3.38. The quantitative estimate of drug-likeness (QED) is 0.392. The first-order chi connectivity index (χ1) is 15.1. The molecule has 4 rings (SSSR count). The molecule has 2 fully saturated rings. The summed E-state index contributed by atoms with van der Waals surface area (Å²) >= 11 is 0. The SMILES string of the molecule is N/C(=N\Nc1ccccc1)N1CCN(C(=O)[C@](O)(c2ccccc2)C2CCCC2)CC1. The normalized spacial score (nSPS) is 19.8. The number of para-hydroxylation sites is 1. The molecule has 164 valence electrons. The van der Waals surface area contributed by atoms with Crippen molar-refractivity contribution in [2.45, 2.75) is 31.3 Å². The number of amides is 1. The molecular formula is C24H31N5O2. The molecule has 0 unspecified atom stereocenters. The summed E-state index contributed by atoms with van der Waals surface area (Å²) in [4.78, 5) is 17.3. The van der Waals surface area contributed by atoms with Crippen molar-refractivity contribution in [3.05, 3.63) is 66.2 Å². The third kappa shape index (κ3) is 4.51. The third-order valence-corrected chi connectivity index (χ3v) is 6.45. The highest BCUT2D eigenvalue weighted by atomic mass is 16.3. The van der Waals surface area contributed by atoms with Crippen molar-refractivity contribution in [2.24, 2.45) is 16.8 Å². The molecule has 0 bridgehead atoms. The van der Waals surface area contributed by atoms with Crippen LogP contribution in [-0.2, 0) is 10.4 Å². The number of hydrogen-bond donors (Lipinski definition) is 3. The lowest BCUT2D eigenvalue weighted by Gasteiger charge is -2.41. The number of nitrogens with two attached hydrogens (primary N) is 1. The number of hydrogen-bond acceptors (Lipinski definition) is 4. The van der Waals surface area contributed by atoms with Crippen LogP contribution in [0.1, 0.15) is 31.2 Å². The summed E-state index contributed by atoms with van der Waals surface area (Å²) in [6, 6.07) is 19.0. The van der Waals surface area contributed by atoms with E-state index in [-0.39, 0.29) is 11.8 Å². The average molecular weight is 422 g/mol. The van der Waals surface area contributed by atoms with Crippen LogP contribution in [0.25, 0.3) is 0 Å². The minimum absolute atomic E-state index is 0.0397. The maximum absolute atomic E-state index is 13.6. The van der Waals surface area contributed by atoms with Gasteiger partial charge < -0.3 is 20.6 Å². The van der Waals surface area contributed by atoms with Gasteiger partial charge in [-0.1, -0.05) is 61.4 Å². The Morgan fingerprint density at radius 2 is 1.48 bits per heavy atom. The second kappa shape index (κ2) is 9.39. The van der Waals surface area contributed by atoms with Crippen LogP contribution in [-0.4, -0.2) is 53.0 Å². The summed E-state index contributed by atoms with van der Waals surface area (Å²) in [6.07, 6.45) is 3.87. The van der Waals surface area contributed by atoms with Crippen molar-refractivity contribution in [3.63, 3.8) is 0 Å². The Bertz CT molecular complexity index is 891. The number of benzene rings is 2. The van der Waals surface area contributed by atoms with E-state index in [0.29, 0.717) is 37.7 Å². The van der Waals surface area contributed by atoms with Crippen molar-refractivity contribution in [1.29, 1.82) is 0 Å². The lowest BCUT2D eigenvalue weighted by molar-refractivity contribution is -0.160. The monoisotopic (exact) mass is 421 g/mol. The van der Waals surface area contributed by atoms with Gasteiger partial charge in [-0.25, -0.2) is 0 Å². The molecule has 1 aliphatic heterocycles. The molecule has 0 aromatic heterocycles. The molecule has 0 radical (unpaired) electrons. The van der Waals surface area contributed by atoms with E-state index in [1.54, 1.807) is 4.90 Å². The molecule has 0 spiro atoms. The Kier molecular flexibility index (Phi) is 6.42. The predicted octanol–water partition coefficient (Wildman–Crippen LogP) is 2.55. The maximum atomic E-state index is 13.6. The summed E-state index contributed by atoms with van der Waals surface area (Å²) in [5, 5.41) is 16.0. The zero-order valence-corrected chi connectivity index (χ0v) is 17.8. The van der Waals surface area contributed by atoms with Crippen LogP contribution in [0.5, 0.6) is 0 Å². The maximum Gasteiger partial charge on any atom is 0.259 e. The van der Waals surface area contributed by atoms with E-state index in [1.165, 1.54) is 0 Å². The lowest BCUT2D eigenvalue weighted by Crippen LogP contribution is -2.58. The lowest BCUT2D eigenvalue weighted by atomic mass is 9.79. The third-order valence-electron chi connectivity index (χ3n) is 6.45. The molecule has 2 aromatic carbocycles. The van der Waals surface area contributed by atoms with Gasteiger partial charge in [0.25, 0.3) is 5.91 Å². The van der Waals surface area contributed by atoms with E-state index in [9.17, 15) is 9.90 Å². The van der Waals surface area contributed by atoms with Crippen molar-refractivity contribution in [3.8, 4) is 0 Å². The number of hydrazone groups is 1. The second-order valence-corrected chi connectivity index (χ2v) is 8.34. The largest absolute Gasteiger partial charge is 0.375 e. The molecule has 7 nitrogen and oxygen atoms in total. The van der Waals surface area contributed by atoms with Crippen LogP contribution in [0, 0.1) is 5.92 Å². The van der Waals surface area contributed by atoms with E-state index in [1.807, 2.05) is 65.6 Å². The molecular weight excluding hydrogens is 390 g/mol. The van der Waals surface area contributed by atoms with Crippen LogP contribution in [0.3, 0.4) is 0 Å². The summed E-state index contributed by atoms with van der Waals surface area (Å²) in [5.74, 6) is 0.162. The molecule has 1 atom stereocenters. The van der Waals surface area contributed by atoms with Crippen LogP contribution in [0.2, 0.25) is 0 Å². The number of nitrogens with zero attached hydrogens (tertiary/aromatic N) is 3. The minimum atomic E-state index is -1.46. The number of nitrogens with one attached hydrogen (secondary N) is 1. The van der Waals surface area contributed by atoms with E-state index in [4.69, 9.17) is 5.73 Å². The summed E-state index contributed by atoms with van der Waals surface area (Å²) < 4.78 is 0. The summed E-state index contributed by atoms with van der Waals surface area (Å²) in [5.41, 5.74) is 9.21. The van der Waals surface area contributed by atoms with E-state index in [0.717, 1.165) is 31.4 Å². The molecule has 4 N–H and O–H groups in total. The van der Waals surface area contributed by atoms with Crippen LogP contribution in [0.15, 0.2) is 65.8 Å². The highest BCUT2D eigenvalue weighted by molar-refractivity contribution is 5.87. The van der Waals surface area contributed by atoms with Gasteiger partial charge in [0, 0.05) is 32.1 Å². The zero-order chi connectivity index (χ0) is 21.7. The van der Waals surface area contributed by atoms with Gasteiger partial charge in [0.05, 0.1) is 5.69 Å². The molecule has 2 aromatic rings. The Morgan fingerprint density at radius 1 is 0.935 bits per heavy atom. The number of rotatable bonds is 5. The smallest absolute Gasteiger partial charge is 0.259 e. The highest BCUT2D eigenvalue weighted by Gasteiger charge is 2.48. The van der Waals surface area contributed by atoms with E-state index >= 15 is 0 Å². The molecule has 1 heterocycles. The summed E-state index contributed by atoms with van der Waals surface area (Å²) in [7, 11) is 0. The fraction of sp³-hybridized carbons (Fsp3) is 0.417. The molecule has 7 heteroatoms. The van der Waals surface area contributed by atoms with Gasteiger partial charge in [-0.3, -0.25) is 10.2 Å². The van der Waals surface area contributed by atoms with Crippen molar-refractivity contribution >= 4 is 17.6 Å². The van der Waals surface area contributed by atoms with E-state index in [2.05, 4.69) is 10.5 Å². The van der Waals surface area contributed by atoms with Gasteiger partial charge in [-0.2, -0.15) is 0 Å². The predicted molar refractivity (Wildman–Crippen MR) is 122 cm³/mol. The molecule has 2 aliphatic rings. The van der Waals surface area contributed by atoms with Crippen LogP contribution >= 0.6 is 0 Å². The van der Waals surface area contributed by atoms with Crippen molar-refractivity contribution in [2.75, 3.05) is 31.6 Å². The number of carbonyl (C=O) groups excluding carboxylic acids is 1.